The van der Waals surface area contributed by atoms with Crippen molar-refractivity contribution in [2.24, 2.45) is 5.92 Å². The molecular formula is C20H28N2O2. The van der Waals surface area contributed by atoms with Crippen molar-refractivity contribution in [1.29, 1.82) is 0 Å². The molecule has 4 rings (SSSR count). The molecule has 0 spiro atoms. The summed E-state index contributed by atoms with van der Waals surface area (Å²) >= 11 is 0. The predicted octanol–water partition coefficient (Wildman–Crippen LogP) is 3.48. The van der Waals surface area contributed by atoms with Crippen LogP contribution in [0, 0.1) is 5.92 Å². The second-order valence-corrected chi connectivity index (χ2v) is 7.58. The Morgan fingerprint density at radius 2 is 2.25 bits per heavy atom. The summed E-state index contributed by atoms with van der Waals surface area (Å²) in [6, 6.07) is 7.07. The van der Waals surface area contributed by atoms with E-state index in [-0.39, 0.29) is 11.4 Å². The van der Waals surface area contributed by atoms with Gasteiger partial charge in [-0.05, 0) is 61.8 Å². The van der Waals surface area contributed by atoms with Gasteiger partial charge in [0.2, 0.25) is 0 Å². The first-order chi connectivity index (χ1) is 11.7. The first-order valence-corrected chi connectivity index (χ1v) is 9.41. The van der Waals surface area contributed by atoms with Crippen LogP contribution in [0.5, 0.6) is 5.75 Å². The van der Waals surface area contributed by atoms with Gasteiger partial charge in [0.1, 0.15) is 5.75 Å². The number of piperidine rings is 1. The zero-order valence-electron chi connectivity index (χ0n) is 14.8. The number of hydrogen-bond donors (Lipinski definition) is 1. The monoisotopic (exact) mass is 328 g/mol. The molecule has 3 aliphatic rings. The van der Waals surface area contributed by atoms with Crippen LogP contribution in [-0.2, 0) is 11.8 Å². The van der Waals surface area contributed by atoms with Gasteiger partial charge in [-0.25, -0.2) is 4.79 Å². The highest BCUT2D eigenvalue weighted by atomic mass is 16.5. The van der Waals surface area contributed by atoms with Crippen molar-refractivity contribution in [3.63, 3.8) is 0 Å². The summed E-state index contributed by atoms with van der Waals surface area (Å²) < 4.78 is 5.51. The van der Waals surface area contributed by atoms with E-state index in [0.717, 1.165) is 25.1 Å². The van der Waals surface area contributed by atoms with Crippen LogP contribution in [0.4, 0.5) is 4.79 Å². The molecule has 2 bridgehead atoms. The van der Waals surface area contributed by atoms with Gasteiger partial charge in [0.05, 0.1) is 7.11 Å². The number of fused-ring (bicyclic) bond motifs is 1. The van der Waals surface area contributed by atoms with Gasteiger partial charge in [-0.15, -0.1) is 0 Å². The Hall–Kier alpha value is -1.71. The van der Waals surface area contributed by atoms with E-state index in [4.69, 9.17) is 4.74 Å². The van der Waals surface area contributed by atoms with Crippen LogP contribution in [0.25, 0.3) is 0 Å². The summed E-state index contributed by atoms with van der Waals surface area (Å²) in [5.41, 5.74) is 3.19. The summed E-state index contributed by atoms with van der Waals surface area (Å²) in [5, 5.41) is 3.02. The smallest absolute Gasteiger partial charge is 0.317 e. The molecule has 4 nitrogen and oxygen atoms in total. The third-order valence-corrected chi connectivity index (χ3v) is 6.63. The van der Waals surface area contributed by atoms with E-state index in [2.05, 4.69) is 28.4 Å². The van der Waals surface area contributed by atoms with E-state index < -0.39 is 0 Å². The lowest BCUT2D eigenvalue weighted by Crippen LogP contribution is -2.63. The molecule has 2 fully saturated rings. The Morgan fingerprint density at radius 3 is 3.04 bits per heavy atom. The number of nitrogens with one attached hydrogen (secondary N) is 1. The fourth-order valence-electron chi connectivity index (χ4n) is 5.62. The van der Waals surface area contributed by atoms with E-state index in [1.54, 1.807) is 7.11 Å². The van der Waals surface area contributed by atoms with Crippen molar-refractivity contribution in [2.45, 2.75) is 56.9 Å². The van der Waals surface area contributed by atoms with Crippen molar-refractivity contribution in [3.8, 4) is 5.75 Å². The number of rotatable bonds is 2. The Morgan fingerprint density at radius 1 is 1.38 bits per heavy atom. The minimum Gasteiger partial charge on any atom is -0.497 e. The predicted molar refractivity (Wildman–Crippen MR) is 94.5 cm³/mol. The van der Waals surface area contributed by atoms with Gasteiger partial charge < -0.3 is 15.0 Å². The fraction of sp³-hybridized carbons (Fsp3) is 0.650. The normalized spacial score (nSPS) is 31.0. The highest BCUT2D eigenvalue weighted by molar-refractivity contribution is 5.75. The van der Waals surface area contributed by atoms with E-state index in [1.165, 1.54) is 36.8 Å². The van der Waals surface area contributed by atoms with Crippen LogP contribution < -0.4 is 10.1 Å². The average Bonchev–Trinajstić information content (AvgIpc) is 2.61. The molecule has 0 radical (unpaired) electrons. The molecule has 1 aromatic rings. The molecule has 1 aromatic carbocycles. The zero-order valence-corrected chi connectivity index (χ0v) is 14.8. The van der Waals surface area contributed by atoms with E-state index >= 15 is 0 Å². The molecule has 1 aliphatic heterocycles. The SMILES string of the molecule is CCNC(=O)N1CC[C@@]23CCCC[C@H]2[C@H]1Cc1ccc(OC)cc13. The number of amides is 2. The largest absolute Gasteiger partial charge is 0.497 e. The minimum atomic E-state index is 0.124. The van der Waals surface area contributed by atoms with Gasteiger partial charge in [-0.1, -0.05) is 18.9 Å². The number of methoxy groups -OCH3 is 1. The van der Waals surface area contributed by atoms with E-state index in [9.17, 15) is 4.79 Å². The molecule has 1 heterocycles. The summed E-state index contributed by atoms with van der Waals surface area (Å²) in [7, 11) is 1.75. The van der Waals surface area contributed by atoms with Gasteiger partial charge in [-0.3, -0.25) is 0 Å². The van der Waals surface area contributed by atoms with Crippen molar-refractivity contribution in [1.82, 2.24) is 10.2 Å². The first kappa shape index (κ1) is 15.8. The summed E-state index contributed by atoms with van der Waals surface area (Å²) in [4.78, 5) is 14.7. The number of carbonyl (C=O) groups excluding carboxylic acids is 1. The van der Waals surface area contributed by atoms with Crippen LogP contribution in [0.2, 0.25) is 0 Å². The standard InChI is InChI=1S/C20H28N2O2/c1-3-21-19(23)22-11-10-20-9-5-4-6-16(20)18(22)12-14-7-8-15(24-2)13-17(14)20/h7-8,13,16,18H,3-6,9-12H2,1-2H3,(H,21,23)/t16-,18+,20-/m0/s1. The molecule has 2 aliphatic carbocycles. The number of urea groups is 1. The molecular weight excluding hydrogens is 300 g/mol. The van der Waals surface area contributed by atoms with Gasteiger partial charge >= 0.3 is 6.03 Å². The Bertz CT molecular complexity index is 645. The summed E-state index contributed by atoms with van der Waals surface area (Å²) in [5.74, 6) is 1.57. The molecule has 4 heteroatoms. The molecule has 2 amide bonds. The van der Waals surface area contributed by atoms with E-state index in [0.29, 0.717) is 18.5 Å². The van der Waals surface area contributed by atoms with Crippen molar-refractivity contribution in [2.75, 3.05) is 20.2 Å². The van der Waals surface area contributed by atoms with Gasteiger partial charge in [0, 0.05) is 24.5 Å². The Labute approximate surface area is 144 Å². The topological polar surface area (TPSA) is 41.6 Å². The van der Waals surface area contributed by atoms with Gasteiger partial charge in [-0.2, -0.15) is 0 Å². The lowest BCUT2D eigenvalue weighted by atomic mass is 9.52. The third kappa shape index (κ3) is 2.22. The maximum absolute atomic E-state index is 12.6. The second-order valence-electron chi connectivity index (χ2n) is 7.58. The molecule has 130 valence electrons. The number of ether oxygens (including phenoxy) is 1. The second kappa shape index (κ2) is 5.98. The Balaban J connectivity index is 1.77. The van der Waals surface area contributed by atoms with Crippen LogP contribution in [-0.4, -0.2) is 37.2 Å². The maximum atomic E-state index is 12.6. The van der Waals surface area contributed by atoms with Crippen LogP contribution >= 0.6 is 0 Å². The fourth-order valence-corrected chi connectivity index (χ4v) is 5.62. The van der Waals surface area contributed by atoms with Crippen molar-refractivity contribution < 1.29 is 9.53 Å². The molecule has 0 unspecified atom stereocenters. The zero-order chi connectivity index (χ0) is 16.7. The molecule has 24 heavy (non-hydrogen) atoms. The van der Waals surface area contributed by atoms with Gasteiger partial charge in [0.15, 0.2) is 0 Å². The number of benzene rings is 1. The van der Waals surface area contributed by atoms with Crippen LogP contribution in [0.15, 0.2) is 18.2 Å². The molecule has 3 atom stereocenters. The maximum Gasteiger partial charge on any atom is 0.317 e. The minimum absolute atomic E-state index is 0.124. The lowest BCUT2D eigenvalue weighted by Gasteiger charge is -2.58. The molecule has 1 saturated heterocycles. The van der Waals surface area contributed by atoms with E-state index in [1.807, 2.05) is 6.92 Å². The van der Waals surface area contributed by atoms with Crippen molar-refractivity contribution >= 4 is 6.03 Å². The van der Waals surface area contributed by atoms with Gasteiger partial charge in [0.25, 0.3) is 0 Å². The first-order valence-electron chi connectivity index (χ1n) is 9.41. The molecule has 1 N–H and O–H groups in total. The summed E-state index contributed by atoms with van der Waals surface area (Å²) in [6.07, 6.45) is 7.19. The highest BCUT2D eigenvalue weighted by Crippen LogP contribution is 2.56. The number of hydrogen-bond acceptors (Lipinski definition) is 2. The number of carbonyl (C=O) groups is 1. The molecule has 1 saturated carbocycles. The van der Waals surface area contributed by atoms with Crippen LogP contribution in [0.3, 0.4) is 0 Å². The van der Waals surface area contributed by atoms with Crippen LogP contribution in [0.1, 0.15) is 50.2 Å². The lowest BCUT2D eigenvalue weighted by molar-refractivity contribution is 0.0101. The average molecular weight is 328 g/mol. The number of likely N-dealkylation sites (tertiary alicyclic amines) is 1. The highest BCUT2D eigenvalue weighted by Gasteiger charge is 2.54. The number of nitrogens with zero attached hydrogens (tertiary/aromatic N) is 1. The summed E-state index contributed by atoms with van der Waals surface area (Å²) in [6.45, 7) is 3.57. The third-order valence-electron chi connectivity index (χ3n) is 6.63. The molecule has 0 aromatic heterocycles. The van der Waals surface area contributed by atoms with Crippen molar-refractivity contribution in [3.05, 3.63) is 29.3 Å². The quantitative estimate of drug-likeness (QED) is 0.903. The Kier molecular flexibility index (Phi) is 3.93.